The van der Waals surface area contributed by atoms with Crippen molar-refractivity contribution in [3.63, 3.8) is 0 Å². The number of hydrogen-bond donors (Lipinski definition) is 3. The Morgan fingerprint density at radius 1 is 1.35 bits per heavy atom. The molecule has 1 heterocycles. The first-order valence-corrected chi connectivity index (χ1v) is 9.26. The normalized spacial score (nSPS) is 17.3. The Kier molecular flexibility index (Phi) is 5.43. The highest BCUT2D eigenvalue weighted by Gasteiger charge is 2.45. The quantitative estimate of drug-likeness (QED) is 0.612. The lowest BCUT2D eigenvalue weighted by atomic mass is 9.98. The van der Waals surface area contributed by atoms with Crippen molar-refractivity contribution in [2.45, 2.75) is 56.4 Å². The number of aromatic nitrogens is 1. The van der Waals surface area contributed by atoms with Gasteiger partial charge in [-0.3, -0.25) is 4.79 Å². The Morgan fingerprint density at radius 3 is 2.52 bits per heavy atom. The van der Waals surface area contributed by atoms with Gasteiger partial charge in [0.1, 0.15) is 16.1 Å². The Bertz CT molecular complexity index is 643. The van der Waals surface area contributed by atoms with E-state index in [1.54, 1.807) is 6.92 Å². The molecule has 130 valence electrons. The fourth-order valence-electron chi connectivity index (χ4n) is 2.99. The van der Waals surface area contributed by atoms with Crippen LogP contribution in [0.25, 0.3) is 0 Å². The molecule has 1 aromatic heterocycles. The fraction of sp³-hybridized carbons (Fsp3) is 0.714. The van der Waals surface area contributed by atoms with Crippen molar-refractivity contribution in [1.82, 2.24) is 15.2 Å². The van der Waals surface area contributed by atoms with Crippen molar-refractivity contribution >= 4 is 15.9 Å². The maximum atomic E-state index is 12.7. The molecule has 8 nitrogen and oxygen atoms in total. The van der Waals surface area contributed by atoms with Crippen molar-refractivity contribution in [3.05, 3.63) is 11.5 Å². The standard InChI is InChI=1S/C14H24N4O4S/c1-10-12(11(2)22-17-10)23(20,21)18-14(6-3-4-7-14)13(19)16-9-5-8-15/h18H,3-9,15H2,1-2H3,(H,16,19). The van der Waals surface area contributed by atoms with E-state index in [0.29, 0.717) is 32.4 Å². The van der Waals surface area contributed by atoms with Crippen molar-refractivity contribution in [2.75, 3.05) is 13.1 Å². The fourth-order valence-corrected chi connectivity index (χ4v) is 4.75. The molecule has 0 unspecified atom stereocenters. The van der Waals surface area contributed by atoms with Crippen LogP contribution in [-0.4, -0.2) is 38.1 Å². The topological polar surface area (TPSA) is 127 Å². The summed E-state index contributed by atoms with van der Waals surface area (Å²) in [5.41, 5.74) is 4.60. The van der Waals surface area contributed by atoms with Crippen LogP contribution in [0.3, 0.4) is 0 Å². The molecule has 4 N–H and O–H groups in total. The number of carbonyl (C=O) groups is 1. The third-order valence-electron chi connectivity index (χ3n) is 4.12. The van der Waals surface area contributed by atoms with Crippen molar-refractivity contribution in [2.24, 2.45) is 5.73 Å². The van der Waals surface area contributed by atoms with Gasteiger partial charge in [-0.1, -0.05) is 18.0 Å². The van der Waals surface area contributed by atoms with E-state index in [4.69, 9.17) is 10.3 Å². The van der Waals surface area contributed by atoms with Gasteiger partial charge >= 0.3 is 0 Å². The highest BCUT2D eigenvalue weighted by molar-refractivity contribution is 7.89. The Balaban J connectivity index is 2.24. The molecule has 0 radical (unpaired) electrons. The van der Waals surface area contributed by atoms with E-state index in [9.17, 15) is 13.2 Å². The number of nitrogens with two attached hydrogens (primary N) is 1. The monoisotopic (exact) mass is 344 g/mol. The van der Waals surface area contributed by atoms with E-state index >= 15 is 0 Å². The first kappa shape index (κ1) is 17.9. The van der Waals surface area contributed by atoms with Gasteiger partial charge in [-0.05, 0) is 39.7 Å². The van der Waals surface area contributed by atoms with E-state index in [2.05, 4.69) is 15.2 Å². The summed E-state index contributed by atoms with van der Waals surface area (Å²) in [5.74, 6) is -0.0783. The average Bonchev–Trinajstić information content (AvgIpc) is 3.06. The highest BCUT2D eigenvalue weighted by Crippen LogP contribution is 2.32. The minimum absolute atomic E-state index is 0.0125. The second-order valence-corrected chi connectivity index (χ2v) is 7.57. The molecular weight excluding hydrogens is 320 g/mol. The maximum absolute atomic E-state index is 12.7. The van der Waals surface area contributed by atoms with Gasteiger partial charge in [0.2, 0.25) is 15.9 Å². The first-order chi connectivity index (χ1) is 10.8. The number of aryl methyl sites for hydroxylation is 2. The molecule has 1 saturated carbocycles. The number of nitrogens with one attached hydrogen (secondary N) is 2. The molecule has 2 rings (SSSR count). The van der Waals surface area contributed by atoms with E-state index in [-0.39, 0.29) is 22.3 Å². The number of sulfonamides is 1. The van der Waals surface area contributed by atoms with Gasteiger partial charge in [0.05, 0.1) is 0 Å². The zero-order valence-electron chi connectivity index (χ0n) is 13.5. The molecular formula is C14H24N4O4S. The minimum atomic E-state index is -3.89. The number of carbonyl (C=O) groups excluding carboxylic acids is 1. The molecule has 1 aliphatic carbocycles. The molecule has 0 atom stereocenters. The number of rotatable bonds is 7. The van der Waals surface area contributed by atoms with Crippen LogP contribution in [-0.2, 0) is 14.8 Å². The highest BCUT2D eigenvalue weighted by atomic mass is 32.2. The molecule has 1 aromatic rings. The van der Waals surface area contributed by atoms with Gasteiger partial charge in [0, 0.05) is 6.54 Å². The van der Waals surface area contributed by atoms with Crippen molar-refractivity contribution in [3.8, 4) is 0 Å². The molecule has 0 aliphatic heterocycles. The van der Waals surface area contributed by atoms with Crippen LogP contribution in [0.15, 0.2) is 9.42 Å². The Morgan fingerprint density at radius 2 is 2.00 bits per heavy atom. The summed E-state index contributed by atoms with van der Waals surface area (Å²) < 4.78 is 33.0. The van der Waals surface area contributed by atoms with E-state index < -0.39 is 15.6 Å². The molecule has 1 fully saturated rings. The molecule has 0 aromatic carbocycles. The predicted octanol–water partition coefficient (Wildman–Crippen LogP) is 0.348. The molecule has 1 aliphatic rings. The predicted molar refractivity (Wildman–Crippen MR) is 84.2 cm³/mol. The summed E-state index contributed by atoms with van der Waals surface area (Å²) in [7, 11) is -3.89. The lowest BCUT2D eigenvalue weighted by molar-refractivity contribution is -0.126. The molecule has 0 spiro atoms. The number of amides is 1. The lowest BCUT2D eigenvalue weighted by Gasteiger charge is -2.28. The SMILES string of the molecule is Cc1noc(C)c1S(=O)(=O)NC1(C(=O)NCCCN)CCCC1. The molecule has 23 heavy (non-hydrogen) atoms. The van der Waals surface area contributed by atoms with Gasteiger partial charge in [-0.25, -0.2) is 8.42 Å². The second-order valence-electron chi connectivity index (χ2n) is 5.95. The summed E-state index contributed by atoms with van der Waals surface area (Å²) in [4.78, 5) is 12.6. The summed E-state index contributed by atoms with van der Waals surface area (Å²) in [5, 5.41) is 6.46. The third kappa shape index (κ3) is 3.73. The van der Waals surface area contributed by atoms with Gasteiger partial charge in [0.15, 0.2) is 5.76 Å². The summed E-state index contributed by atoms with van der Waals surface area (Å²) in [6.07, 6.45) is 3.20. The number of hydrogen-bond acceptors (Lipinski definition) is 6. The average molecular weight is 344 g/mol. The molecule has 0 bridgehead atoms. The van der Waals surface area contributed by atoms with Gasteiger partial charge in [-0.15, -0.1) is 0 Å². The zero-order chi connectivity index (χ0) is 17.1. The third-order valence-corrected chi connectivity index (χ3v) is 5.90. The van der Waals surface area contributed by atoms with Crippen LogP contribution in [0.1, 0.15) is 43.6 Å². The van der Waals surface area contributed by atoms with Crippen molar-refractivity contribution < 1.29 is 17.7 Å². The lowest BCUT2D eigenvalue weighted by Crippen LogP contribution is -2.57. The first-order valence-electron chi connectivity index (χ1n) is 7.77. The van der Waals surface area contributed by atoms with Crippen LogP contribution in [0.5, 0.6) is 0 Å². The van der Waals surface area contributed by atoms with Gasteiger partial charge < -0.3 is 15.6 Å². The van der Waals surface area contributed by atoms with Crippen LogP contribution >= 0.6 is 0 Å². The van der Waals surface area contributed by atoms with E-state index in [1.165, 1.54) is 6.92 Å². The second kappa shape index (κ2) is 6.98. The van der Waals surface area contributed by atoms with Gasteiger partial charge in [-0.2, -0.15) is 4.72 Å². The summed E-state index contributed by atoms with van der Waals surface area (Å²) >= 11 is 0. The smallest absolute Gasteiger partial charge is 0.246 e. The summed E-state index contributed by atoms with van der Waals surface area (Å²) in [6.45, 7) is 4.01. The molecule has 0 saturated heterocycles. The minimum Gasteiger partial charge on any atom is -0.360 e. The van der Waals surface area contributed by atoms with Crippen molar-refractivity contribution in [1.29, 1.82) is 0 Å². The van der Waals surface area contributed by atoms with Crippen LogP contribution in [0.2, 0.25) is 0 Å². The van der Waals surface area contributed by atoms with Crippen LogP contribution in [0, 0.1) is 13.8 Å². The molecule has 9 heteroatoms. The zero-order valence-corrected chi connectivity index (χ0v) is 14.3. The Hall–Kier alpha value is -1.45. The van der Waals surface area contributed by atoms with Gasteiger partial charge in [0.25, 0.3) is 0 Å². The van der Waals surface area contributed by atoms with E-state index in [0.717, 1.165) is 12.8 Å². The van der Waals surface area contributed by atoms with Crippen LogP contribution in [0.4, 0.5) is 0 Å². The van der Waals surface area contributed by atoms with Crippen LogP contribution < -0.4 is 15.8 Å². The Labute approximate surface area is 136 Å². The number of nitrogens with zero attached hydrogens (tertiary/aromatic N) is 1. The maximum Gasteiger partial charge on any atom is 0.246 e. The van der Waals surface area contributed by atoms with E-state index in [1.807, 2.05) is 0 Å². The molecule has 1 amide bonds. The largest absolute Gasteiger partial charge is 0.360 e. The summed E-state index contributed by atoms with van der Waals surface area (Å²) in [6, 6.07) is 0.